The first-order valence-electron chi connectivity index (χ1n) is 8.00. The predicted molar refractivity (Wildman–Crippen MR) is 89.0 cm³/mol. The molecular formula is C19H19FN2O2. The van der Waals surface area contributed by atoms with Crippen LogP contribution in [0.3, 0.4) is 0 Å². The summed E-state index contributed by atoms with van der Waals surface area (Å²) < 4.78 is 12.9. The van der Waals surface area contributed by atoms with Crippen LogP contribution in [0.5, 0.6) is 0 Å². The quantitative estimate of drug-likeness (QED) is 0.917. The summed E-state index contributed by atoms with van der Waals surface area (Å²) in [7, 11) is 0. The summed E-state index contributed by atoms with van der Waals surface area (Å²) in [5, 5.41) is 2.91. The second-order valence-electron chi connectivity index (χ2n) is 5.96. The minimum Gasteiger partial charge on any atom is -0.347 e. The Morgan fingerprint density at radius 1 is 1.12 bits per heavy atom. The minimum atomic E-state index is -0.264. The molecule has 1 N–H and O–H groups in total. The van der Waals surface area contributed by atoms with Crippen molar-refractivity contribution in [2.45, 2.75) is 18.9 Å². The van der Waals surface area contributed by atoms with Gasteiger partial charge in [0.25, 0.3) is 5.91 Å². The van der Waals surface area contributed by atoms with Crippen LogP contribution in [0, 0.1) is 5.82 Å². The van der Waals surface area contributed by atoms with Crippen LogP contribution in [0.2, 0.25) is 0 Å². The highest BCUT2D eigenvalue weighted by Gasteiger charge is 2.30. The Balaban J connectivity index is 1.52. The predicted octanol–water partition coefficient (Wildman–Crippen LogP) is 2.40. The van der Waals surface area contributed by atoms with E-state index in [1.54, 1.807) is 29.2 Å². The number of hydrogen-bond donors (Lipinski definition) is 1. The van der Waals surface area contributed by atoms with Gasteiger partial charge in [-0.15, -0.1) is 0 Å². The molecule has 0 bridgehead atoms. The van der Waals surface area contributed by atoms with Gasteiger partial charge in [-0.05, 0) is 36.2 Å². The lowest BCUT2D eigenvalue weighted by atomic mass is 10.1. The molecule has 2 aromatic rings. The Hall–Kier alpha value is -2.69. The van der Waals surface area contributed by atoms with E-state index in [9.17, 15) is 14.0 Å². The molecule has 1 aliphatic heterocycles. The number of carbonyl (C=O) groups is 2. The number of carbonyl (C=O) groups excluding carboxylic acids is 2. The molecule has 124 valence electrons. The van der Waals surface area contributed by atoms with E-state index < -0.39 is 0 Å². The normalized spacial score (nSPS) is 17.1. The third-order valence-corrected chi connectivity index (χ3v) is 4.17. The van der Waals surface area contributed by atoms with Gasteiger partial charge in [-0.2, -0.15) is 0 Å². The fourth-order valence-corrected chi connectivity index (χ4v) is 2.86. The van der Waals surface area contributed by atoms with Gasteiger partial charge in [0, 0.05) is 25.1 Å². The summed E-state index contributed by atoms with van der Waals surface area (Å²) in [5.74, 6) is -0.385. The average Bonchev–Trinajstić information content (AvgIpc) is 2.94. The number of hydrogen-bond acceptors (Lipinski definition) is 2. The number of nitrogens with zero attached hydrogens (tertiary/aromatic N) is 1. The fraction of sp³-hybridized carbons (Fsp3) is 0.263. The first-order valence-corrected chi connectivity index (χ1v) is 8.00. The molecule has 1 atom stereocenters. The van der Waals surface area contributed by atoms with Crippen molar-refractivity contribution in [2.75, 3.05) is 13.1 Å². The second-order valence-corrected chi connectivity index (χ2v) is 5.96. The Morgan fingerprint density at radius 3 is 2.54 bits per heavy atom. The van der Waals surface area contributed by atoms with Crippen LogP contribution in [0.15, 0.2) is 54.6 Å². The number of likely N-dealkylation sites (tertiary alicyclic amines) is 1. The van der Waals surface area contributed by atoms with Gasteiger partial charge in [0.15, 0.2) is 0 Å². The number of benzene rings is 2. The van der Waals surface area contributed by atoms with E-state index in [1.165, 1.54) is 12.1 Å². The third kappa shape index (κ3) is 3.98. The van der Waals surface area contributed by atoms with Crippen molar-refractivity contribution in [1.29, 1.82) is 0 Å². The number of halogens is 1. The van der Waals surface area contributed by atoms with E-state index in [0.29, 0.717) is 31.5 Å². The molecule has 1 saturated heterocycles. The van der Waals surface area contributed by atoms with Crippen LogP contribution in [-0.4, -0.2) is 35.8 Å². The second kappa shape index (κ2) is 7.25. The van der Waals surface area contributed by atoms with E-state index in [-0.39, 0.29) is 23.7 Å². The highest BCUT2D eigenvalue weighted by molar-refractivity contribution is 5.95. The Morgan fingerprint density at radius 2 is 1.83 bits per heavy atom. The van der Waals surface area contributed by atoms with E-state index in [4.69, 9.17) is 0 Å². The largest absolute Gasteiger partial charge is 0.347 e. The molecule has 0 unspecified atom stereocenters. The summed E-state index contributed by atoms with van der Waals surface area (Å²) in [5.41, 5.74) is 1.58. The highest BCUT2D eigenvalue weighted by atomic mass is 19.1. The Bertz CT molecular complexity index is 716. The zero-order valence-corrected chi connectivity index (χ0v) is 13.2. The summed E-state index contributed by atoms with van der Waals surface area (Å²) >= 11 is 0. The summed E-state index contributed by atoms with van der Waals surface area (Å²) in [6.45, 7) is 1.08. The molecule has 24 heavy (non-hydrogen) atoms. The molecular weight excluding hydrogens is 307 g/mol. The maximum Gasteiger partial charge on any atom is 0.251 e. The number of amides is 2. The lowest BCUT2D eigenvalue weighted by Crippen LogP contribution is -2.37. The Labute approximate surface area is 140 Å². The van der Waals surface area contributed by atoms with Crippen LogP contribution in [0.1, 0.15) is 22.3 Å². The molecule has 2 amide bonds. The number of rotatable bonds is 5. The van der Waals surface area contributed by atoms with Crippen LogP contribution < -0.4 is 5.32 Å². The lowest BCUT2D eigenvalue weighted by molar-refractivity contribution is -0.127. The summed E-state index contributed by atoms with van der Waals surface area (Å²) in [6.07, 6.45) is 0.993. The fourth-order valence-electron chi connectivity index (χ4n) is 2.86. The number of nitrogens with one attached hydrogen (secondary N) is 1. The van der Waals surface area contributed by atoms with Crippen molar-refractivity contribution in [1.82, 2.24) is 10.2 Å². The first-order chi connectivity index (χ1) is 11.6. The van der Waals surface area contributed by atoms with Crippen molar-refractivity contribution >= 4 is 11.8 Å². The molecule has 0 aliphatic carbocycles. The van der Waals surface area contributed by atoms with E-state index in [1.807, 2.05) is 18.2 Å². The third-order valence-electron chi connectivity index (χ3n) is 4.17. The lowest BCUT2D eigenvalue weighted by Gasteiger charge is -2.17. The van der Waals surface area contributed by atoms with Gasteiger partial charge in [-0.25, -0.2) is 4.39 Å². The maximum absolute atomic E-state index is 12.9. The van der Waals surface area contributed by atoms with Crippen LogP contribution >= 0.6 is 0 Å². The zero-order valence-electron chi connectivity index (χ0n) is 13.2. The molecule has 1 aliphatic rings. The maximum atomic E-state index is 12.9. The van der Waals surface area contributed by atoms with Gasteiger partial charge in [0.05, 0.1) is 6.04 Å². The monoisotopic (exact) mass is 326 g/mol. The van der Waals surface area contributed by atoms with Crippen molar-refractivity contribution < 1.29 is 14.0 Å². The molecule has 3 rings (SSSR count). The smallest absolute Gasteiger partial charge is 0.251 e. The molecule has 0 saturated carbocycles. The highest BCUT2D eigenvalue weighted by Crippen LogP contribution is 2.13. The standard InChI is InChI=1S/C19H19FN2O2/c20-16-8-6-14(7-9-16)10-11-22-13-17(12-18(22)23)21-19(24)15-4-2-1-3-5-15/h1-9,17H,10-13H2,(H,21,24)/t17-/m1/s1. The molecule has 1 fully saturated rings. The molecule has 0 radical (unpaired) electrons. The van der Waals surface area contributed by atoms with Crippen molar-refractivity contribution in [2.24, 2.45) is 0 Å². The van der Waals surface area contributed by atoms with Gasteiger partial charge in [-0.1, -0.05) is 30.3 Å². The van der Waals surface area contributed by atoms with Crippen LogP contribution in [-0.2, 0) is 11.2 Å². The Kier molecular flexibility index (Phi) is 4.89. The average molecular weight is 326 g/mol. The molecule has 0 aromatic heterocycles. The zero-order chi connectivity index (χ0) is 16.9. The van der Waals surface area contributed by atoms with Gasteiger partial charge in [0.2, 0.25) is 5.91 Å². The van der Waals surface area contributed by atoms with Gasteiger partial charge in [-0.3, -0.25) is 9.59 Å². The SMILES string of the molecule is O=C(N[C@@H]1CC(=O)N(CCc2ccc(F)cc2)C1)c1ccccc1. The molecule has 4 nitrogen and oxygen atoms in total. The van der Waals surface area contributed by atoms with Gasteiger partial charge in [0.1, 0.15) is 5.82 Å². The molecule has 2 aromatic carbocycles. The van der Waals surface area contributed by atoms with Crippen molar-refractivity contribution in [3.05, 3.63) is 71.5 Å². The van der Waals surface area contributed by atoms with Crippen molar-refractivity contribution in [3.8, 4) is 0 Å². The van der Waals surface area contributed by atoms with Crippen LogP contribution in [0.4, 0.5) is 4.39 Å². The van der Waals surface area contributed by atoms with Gasteiger partial charge < -0.3 is 10.2 Å². The molecule has 5 heteroatoms. The first kappa shape index (κ1) is 16.2. The minimum absolute atomic E-state index is 0.0375. The summed E-state index contributed by atoms with van der Waals surface area (Å²) in [4.78, 5) is 26.0. The summed E-state index contributed by atoms with van der Waals surface area (Å²) in [6, 6.07) is 15.1. The molecule has 0 spiro atoms. The molecule has 1 heterocycles. The van der Waals surface area contributed by atoms with Gasteiger partial charge >= 0.3 is 0 Å². The van der Waals surface area contributed by atoms with E-state index >= 15 is 0 Å². The topological polar surface area (TPSA) is 49.4 Å². The van der Waals surface area contributed by atoms with E-state index in [0.717, 1.165) is 5.56 Å². The van der Waals surface area contributed by atoms with E-state index in [2.05, 4.69) is 5.32 Å². The van der Waals surface area contributed by atoms with Crippen LogP contribution in [0.25, 0.3) is 0 Å². The van der Waals surface area contributed by atoms with Crippen molar-refractivity contribution in [3.63, 3.8) is 0 Å².